The van der Waals surface area contributed by atoms with Crippen LogP contribution in [0.25, 0.3) is 11.4 Å². The molecule has 9 heteroatoms. The summed E-state index contributed by atoms with van der Waals surface area (Å²) < 4.78 is 6.08. The number of nitrogens with two attached hydrogens (primary N) is 1. The number of hydrogen-bond donors (Lipinski definition) is 2. The molecule has 1 spiro atoms. The Morgan fingerprint density at radius 3 is 2.67 bits per heavy atom. The number of ether oxygens (including phenoxy) is 1. The van der Waals surface area contributed by atoms with Crippen molar-refractivity contribution in [3.63, 3.8) is 0 Å². The average Bonchev–Trinajstić information content (AvgIpc) is 3.14. The summed E-state index contributed by atoms with van der Waals surface area (Å²) in [6.07, 6.45) is 8.73. The fourth-order valence-electron chi connectivity index (χ4n) is 6.43. The molecule has 7 rings (SSSR count). The molecule has 156 valence electrons. The van der Waals surface area contributed by atoms with Crippen molar-refractivity contribution in [1.82, 2.24) is 19.9 Å². The van der Waals surface area contributed by atoms with Gasteiger partial charge in [-0.15, -0.1) is 0 Å². The smallest absolute Gasteiger partial charge is 0.219 e. The van der Waals surface area contributed by atoms with Crippen molar-refractivity contribution in [2.24, 2.45) is 5.92 Å². The van der Waals surface area contributed by atoms with Gasteiger partial charge in [0, 0.05) is 18.9 Å². The molecular weight excluding hydrogens is 380 g/mol. The first-order valence-electron chi connectivity index (χ1n) is 11.0. The molecule has 2 aromatic rings. The Labute approximate surface area is 175 Å². The van der Waals surface area contributed by atoms with Crippen molar-refractivity contribution >= 4 is 23.3 Å². The van der Waals surface area contributed by atoms with Gasteiger partial charge in [0.25, 0.3) is 0 Å². The van der Waals surface area contributed by atoms with E-state index in [1.54, 1.807) is 12.4 Å². The van der Waals surface area contributed by atoms with Crippen LogP contribution in [-0.4, -0.2) is 56.4 Å². The van der Waals surface area contributed by atoms with Gasteiger partial charge in [0.05, 0.1) is 23.8 Å². The van der Waals surface area contributed by atoms with Crippen LogP contribution in [0.3, 0.4) is 0 Å². The van der Waals surface area contributed by atoms with Crippen molar-refractivity contribution in [1.29, 1.82) is 0 Å². The van der Waals surface area contributed by atoms with Crippen molar-refractivity contribution in [3.8, 4) is 11.4 Å². The maximum absolute atomic E-state index is 6.08. The summed E-state index contributed by atoms with van der Waals surface area (Å²) in [5, 5.41) is 3.73. The summed E-state index contributed by atoms with van der Waals surface area (Å²) in [4.78, 5) is 23.3. The number of anilines is 4. The third-order valence-corrected chi connectivity index (χ3v) is 8.02. The molecular formula is C21H26N8O. The van der Waals surface area contributed by atoms with Gasteiger partial charge in [0.2, 0.25) is 5.95 Å². The van der Waals surface area contributed by atoms with Gasteiger partial charge >= 0.3 is 0 Å². The number of nitrogens with zero attached hydrogens (tertiary/aromatic N) is 6. The highest BCUT2D eigenvalue weighted by Gasteiger charge is 2.74. The van der Waals surface area contributed by atoms with E-state index in [-0.39, 0.29) is 17.7 Å². The van der Waals surface area contributed by atoms with Gasteiger partial charge in [-0.3, -0.25) is 0 Å². The van der Waals surface area contributed by atoms with E-state index in [9.17, 15) is 0 Å². The Bertz CT molecular complexity index is 1060. The van der Waals surface area contributed by atoms with Crippen LogP contribution in [0.5, 0.6) is 0 Å². The molecule has 5 heterocycles. The van der Waals surface area contributed by atoms with E-state index in [4.69, 9.17) is 20.4 Å². The molecule has 4 atom stereocenters. The number of aromatic nitrogens is 4. The molecule has 4 unspecified atom stereocenters. The van der Waals surface area contributed by atoms with Crippen LogP contribution in [0.1, 0.15) is 39.5 Å². The second-order valence-electron chi connectivity index (χ2n) is 9.78. The van der Waals surface area contributed by atoms with Crippen LogP contribution >= 0.6 is 0 Å². The Hall–Kier alpha value is -2.68. The van der Waals surface area contributed by atoms with Crippen LogP contribution < -0.4 is 20.9 Å². The molecule has 5 aliphatic rings. The first-order chi connectivity index (χ1) is 14.5. The van der Waals surface area contributed by atoms with Gasteiger partial charge in [0.1, 0.15) is 17.5 Å². The van der Waals surface area contributed by atoms with E-state index in [1.807, 2.05) is 0 Å². The van der Waals surface area contributed by atoms with E-state index in [1.165, 1.54) is 25.7 Å². The lowest BCUT2D eigenvalue weighted by Crippen LogP contribution is -2.58. The minimum atomic E-state index is -0.313. The molecule has 2 aliphatic carbocycles. The zero-order valence-corrected chi connectivity index (χ0v) is 17.3. The summed E-state index contributed by atoms with van der Waals surface area (Å²) in [6.45, 7) is 5.76. The molecule has 30 heavy (non-hydrogen) atoms. The van der Waals surface area contributed by atoms with Crippen LogP contribution in [0.4, 0.5) is 23.3 Å². The lowest BCUT2D eigenvalue weighted by molar-refractivity contribution is -0.0489. The van der Waals surface area contributed by atoms with E-state index in [0.717, 1.165) is 35.3 Å². The van der Waals surface area contributed by atoms with Crippen LogP contribution in [-0.2, 0) is 4.74 Å². The minimum Gasteiger partial charge on any atom is -0.370 e. The van der Waals surface area contributed by atoms with Crippen molar-refractivity contribution in [3.05, 3.63) is 12.4 Å². The van der Waals surface area contributed by atoms with E-state index in [2.05, 4.69) is 38.9 Å². The predicted octanol–water partition coefficient (Wildman–Crippen LogP) is 2.01. The number of hydrogen-bond acceptors (Lipinski definition) is 9. The van der Waals surface area contributed by atoms with Gasteiger partial charge in [-0.25, -0.2) is 19.9 Å². The van der Waals surface area contributed by atoms with E-state index >= 15 is 0 Å². The molecule has 0 radical (unpaired) electrons. The average molecular weight is 406 g/mol. The summed E-state index contributed by atoms with van der Waals surface area (Å²) in [5.74, 6) is 3.73. The second-order valence-corrected chi connectivity index (χ2v) is 9.78. The molecule has 4 fully saturated rings. The maximum atomic E-state index is 6.08. The second kappa shape index (κ2) is 5.32. The van der Waals surface area contributed by atoms with Crippen molar-refractivity contribution in [2.45, 2.75) is 62.9 Å². The normalized spacial score (nSPS) is 34.4. The number of fused-ring (bicyclic) bond motifs is 3. The topological polar surface area (TPSA) is 105 Å². The highest BCUT2D eigenvalue weighted by Crippen LogP contribution is 2.69. The standard InChI is InChI=1S/C21H26N8O/c1-20(2)18-25-14-16(28(18)7-8-30-20)26-15(11-9-23-19(22)24-10-11)27-17(14)29-13-4-3-12-5-6-21(12,13)29/h9-10,12-13,18,25H,3-8H2,1-2H3,(H2,22,23,24). The number of nitrogen functional groups attached to an aromatic ring is 1. The van der Waals surface area contributed by atoms with Crippen LogP contribution in [0, 0.1) is 5.92 Å². The van der Waals surface area contributed by atoms with E-state index in [0.29, 0.717) is 24.0 Å². The Morgan fingerprint density at radius 2 is 1.93 bits per heavy atom. The SMILES string of the molecule is CC1(C)OCCN2c3nc(-c4cnc(N)nc4)nc(N4C5CCC6CCC654)c3NC21. The third kappa shape index (κ3) is 1.96. The Balaban J connectivity index is 1.38. The summed E-state index contributed by atoms with van der Waals surface area (Å²) in [5.41, 5.74) is 7.57. The maximum Gasteiger partial charge on any atom is 0.219 e. The summed E-state index contributed by atoms with van der Waals surface area (Å²) in [7, 11) is 0. The minimum absolute atomic E-state index is 0.0432. The number of morpholine rings is 1. The molecule has 3 aliphatic heterocycles. The van der Waals surface area contributed by atoms with Crippen LogP contribution in [0.2, 0.25) is 0 Å². The molecule has 2 aromatic heterocycles. The molecule has 9 nitrogen and oxygen atoms in total. The zero-order valence-electron chi connectivity index (χ0n) is 17.3. The Morgan fingerprint density at radius 1 is 1.13 bits per heavy atom. The zero-order chi connectivity index (χ0) is 20.3. The third-order valence-electron chi connectivity index (χ3n) is 8.02. The highest BCUT2D eigenvalue weighted by molar-refractivity contribution is 5.88. The van der Waals surface area contributed by atoms with Gasteiger partial charge in [-0.1, -0.05) is 0 Å². The molecule has 0 aromatic carbocycles. The first-order valence-corrected chi connectivity index (χ1v) is 11.0. The highest BCUT2D eigenvalue weighted by atomic mass is 16.5. The first kappa shape index (κ1) is 17.0. The van der Waals surface area contributed by atoms with E-state index < -0.39 is 0 Å². The summed E-state index contributed by atoms with van der Waals surface area (Å²) in [6, 6.07) is 0.620. The lowest BCUT2D eigenvalue weighted by Gasteiger charge is -2.42. The largest absolute Gasteiger partial charge is 0.370 e. The fourth-order valence-corrected chi connectivity index (χ4v) is 6.43. The van der Waals surface area contributed by atoms with Gasteiger partial charge in [0.15, 0.2) is 17.5 Å². The Kier molecular flexibility index (Phi) is 3.02. The predicted molar refractivity (Wildman–Crippen MR) is 113 cm³/mol. The quantitative estimate of drug-likeness (QED) is 0.725. The van der Waals surface area contributed by atoms with Gasteiger partial charge in [-0.2, -0.15) is 0 Å². The lowest BCUT2D eigenvalue weighted by atomic mass is 9.74. The summed E-state index contributed by atoms with van der Waals surface area (Å²) >= 11 is 0. The molecule has 0 amide bonds. The number of rotatable bonds is 2. The van der Waals surface area contributed by atoms with Crippen molar-refractivity contribution in [2.75, 3.05) is 34.0 Å². The molecule has 2 saturated heterocycles. The van der Waals surface area contributed by atoms with Crippen molar-refractivity contribution < 1.29 is 4.74 Å². The number of nitrogens with one attached hydrogen (secondary N) is 1. The molecule has 0 bridgehead atoms. The fraction of sp³-hybridized carbons (Fsp3) is 0.619. The molecule has 2 saturated carbocycles. The van der Waals surface area contributed by atoms with Gasteiger partial charge < -0.3 is 25.6 Å². The van der Waals surface area contributed by atoms with Gasteiger partial charge in [-0.05, 0) is 45.4 Å². The number of piperidine rings is 1. The van der Waals surface area contributed by atoms with Crippen LogP contribution in [0.15, 0.2) is 12.4 Å². The molecule has 3 N–H and O–H groups in total. The monoisotopic (exact) mass is 406 g/mol.